The van der Waals surface area contributed by atoms with Gasteiger partial charge in [-0.25, -0.2) is 0 Å². The molecule has 1 aromatic carbocycles. The average molecular weight is 345 g/mol. The summed E-state index contributed by atoms with van der Waals surface area (Å²) in [5.74, 6) is 3.07. The molecule has 1 heteroatoms. The van der Waals surface area contributed by atoms with Crippen molar-refractivity contribution in [3.63, 3.8) is 0 Å². The molecular formula is C24H40O. The van der Waals surface area contributed by atoms with Crippen molar-refractivity contribution >= 4 is 0 Å². The molecule has 0 spiro atoms. The van der Waals surface area contributed by atoms with E-state index in [0.717, 1.165) is 30.6 Å². The van der Waals surface area contributed by atoms with Crippen LogP contribution in [-0.2, 0) is 6.42 Å². The predicted octanol–water partition coefficient (Wildman–Crippen LogP) is 7.49. The maximum Gasteiger partial charge on any atom is 0.122 e. The fourth-order valence-corrected chi connectivity index (χ4v) is 4.22. The topological polar surface area (TPSA) is 9.23 Å². The van der Waals surface area contributed by atoms with Crippen LogP contribution >= 0.6 is 0 Å². The van der Waals surface area contributed by atoms with E-state index in [0.29, 0.717) is 0 Å². The van der Waals surface area contributed by atoms with Gasteiger partial charge in [0.15, 0.2) is 0 Å². The zero-order chi connectivity index (χ0) is 17.9. The van der Waals surface area contributed by atoms with Crippen molar-refractivity contribution in [3.8, 4) is 5.75 Å². The SMILES string of the molecule is CCCCCC1CCC(CCc2ccc(OCCCC)c(C)c2)CC1. The van der Waals surface area contributed by atoms with Crippen LogP contribution in [-0.4, -0.2) is 6.61 Å². The van der Waals surface area contributed by atoms with Crippen molar-refractivity contribution in [1.29, 1.82) is 0 Å². The third-order valence-electron chi connectivity index (χ3n) is 6.02. The predicted molar refractivity (Wildman–Crippen MR) is 109 cm³/mol. The quantitative estimate of drug-likeness (QED) is 0.378. The summed E-state index contributed by atoms with van der Waals surface area (Å²) in [6.07, 6.45) is 16.6. The highest BCUT2D eigenvalue weighted by Gasteiger charge is 2.20. The number of unbranched alkanes of at least 4 members (excludes halogenated alkanes) is 3. The zero-order valence-corrected chi connectivity index (χ0v) is 17.0. The van der Waals surface area contributed by atoms with Crippen LogP contribution in [0.1, 0.15) is 95.6 Å². The van der Waals surface area contributed by atoms with E-state index < -0.39 is 0 Å². The van der Waals surface area contributed by atoms with E-state index in [2.05, 4.69) is 39.0 Å². The van der Waals surface area contributed by atoms with Gasteiger partial charge in [-0.2, -0.15) is 0 Å². The Labute approximate surface area is 156 Å². The van der Waals surface area contributed by atoms with Crippen LogP contribution in [0.3, 0.4) is 0 Å². The first-order valence-electron chi connectivity index (χ1n) is 10.9. The number of aryl methyl sites for hydroxylation is 2. The summed E-state index contributed by atoms with van der Waals surface area (Å²) in [5.41, 5.74) is 2.79. The average Bonchev–Trinajstić information content (AvgIpc) is 2.63. The lowest BCUT2D eigenvalue weighted by Gasteiger charge is -2.28. The normalized spacial score (nSPS) is 20.6. The maximum absolute atomic E-state index is 5.88. The number of hydrogen-bond donors (Lipinski definition) is 0. The second kappa shape index (κ2) is 11.6. The van der Waals surface area contributed by atoms with Crippen LogP contribution in [0.15, 0.2) is 18.2 Å². The molecule has 1 aromatic rings. The molecule has 1 fully saturated rings. The molecule has 0 unspecified atom stereocenters. The molecule has 0 bridgehead atoms. The van der Waals surface area contributed by atoms with Gasteiger partial charge in [0.2, 0.25) is 0 Å². The van der Waals surface area contributed by atoms with E-state index in [-0.39, 0.29) is 0 Å². The molecule has 142 valence electrons. The van der Waals surface area contributed by atoms with Gasteiger partial charge in [-0.15, -0.1) is 0 Å². The van der Waals surface area contributed by atoms with Crippen LogP contribution in [0.4, 0.5) is 0 Å². The van der Waals surface area contributed by atoms with Crippen LogP contribution in [0, 0.1) is 18.8 Å². The molecule has 0 saturated heterocycles. The molecule has 0 amide bonds. The highest BCUT2D eigenvalue weighted by atomic mass is 16.5. The molecular weight excluding hydrogens is 304 g/mol. The Morgan fingerprint density at radius 2 is 1.56 bits per heavy atom. The minimum Gasteiger partial charge on any atom is -0.493 e. The molecule has 1 aliphatic carbocycles. The van der Waals surface area contributed by atoms with Crippen molar-refractivity contribution in [2.45, 2.75) is 97.8 Å². The summed E-state index contributed by atoms with van der Waals surface area (Å²) in [6.45, 7) is 7.55. The van der Waals surface area contributed by atoms with E-state index >= 15 is 0 Å². The standard InChI is InChI=1S/C24H40O/c1-4-6-8-9-21-10-12-22(13-11-21)14-15-23-16-17-24(20(3)19-23)25-18-7-5-2/h16-17,19,21-22H,4-15,18H2,1-3H3. The first kappa shape index (κ1) is 20.3. The number of benzene rings is 1. The van der Waals surface area contributed by atoms with Crippen molar-refractivity contribution in [2.24, 2.45) is 11.8 Å². The third kappa shape index (κ3) is 7.42. The molecule has 0 aromatic heterocycles. The van der Waals surface area contributed by atoms with Crippen LogP contribution in [0.2, 0.25) is 0 Å². The lowest BCUT2D eigenvalue weighted by atomic mass is 9.78. The number of hydrogen-bond acceptors (Lipinski definition) is 1. The fraction of sp³-hybridized carbons (Fsp3) is 0.750. The lowest BCUT2D eigenvalue weighted by molar-refractivity contribution is 0.249. The molecule has 1 saturated carbocycles. The van der Waals surface area contributed by atoms with Gasteiger partial charge in [-0.05, 0) is 55.2 Å². The van der Waals surface area contributed by atoms with Gasteiger partial charge in [0, 0.05) is 0 Å². The largest absolute Gasteiger partial charge is 0.493 e. The molecule has 2 rings (SSSR count). The molecule has 1 nitrogen and oxygen atoms in total. The smallest absolute Gasteiger partial charge is 0.122 e. The van der Waals surface area contributed by atoms with Gasteiger partial charge in [0.25, 0.3) is 0 Å². The summed E-state index contributed by atoms with van der Waals surface area (Å²) in [5, 5.41) is 0. The zero-order valence-electron chi connectivity index (χ0n) is 17.0. The minimum atomic E-state index is 0.845. The molecule has 0 atom stereocenters. The van der Waals surface area contributed by atoms with Crippen LogP contribution in [0.25, 0.3) is 0 Å². The van der Waals surface area contributed by atoms with Gasteiger partial charge in [-0.3, -0.25) is 0 Å². The molecule has 1 aliphatic rings. The Hall–Kier alpha value is -0.980. The van der Waals surface area contributed by atoms with E-state index in [1.54, 1.807) is 0 Å². The minimum absolute atomic E-state index is 0.845. The second-order valence-corrected chi connectivity index (χ2v) is 8.22. The highest BCUT2D eigenvalue weighted by molar-refractivity contribution is 5.36. The Kier molecular flexibility index (Phi) is 9.43. The van der Waals surface area contributed by atoms with Gasteiger partial charge >= 0.3 is 0 Å². The summed E-state index contributed by atoms with van der Waals surface area (Å²) >= 11 is 0. The summed E-state index contributed by atoms with van der Waals surface area (Å²) in [4.78, 5) is 0. The van der Waals surface area contributed by atoms with Crippen molar-refractivity contribution in [3.05, 3.63) is 29.3 Å². The molecule has 0 radical (unpaired) electrons. The van der Waals surface area contributed by atoms with Gasteiger partial charge < -0.3 is 4.74 Å². The first-order chi connectivity index (χ1) is 12.2. The number of rotatable bonds is 11. The molecule has 25 heavy (non-hydrogen) atoms. The van der Waals surface area contributed by atoms with Crippen molar-refractivity contribution in [2.75, 3.05) is 6.61 Å². The summed E-state index contributed by atoms with van der Waals surface area (Å²) < 4.78 is 5.88. The Morgan fingerprint density at radius 3 is 2.20 bits per heavy atom. The summed E-state index contributed by atoms with van der Waals surface area (Å²) in [7, 11) is 0. The van der Waals surface area contributed by atoms with Crippen LogP contribution < -0.4 is 4.74 Å². The second-order valence-electron chi connectivity index (χ2n) is 8.22. The molecule has 0 aliphatic heterocycles. The van der Waals surface area contributed by atoms with E-state index in [9.17, 15) is 0 Å². The van der Waals surface area contributed by atoms with Gasteiger partial charge in [0.1, 0.15) is 5.75 Å². The third-order valence-corrected chi connectivity index (χ3v) is 6.02. The Morgan fingerprint density at radius 1 is 0.880 bits per heavy atom. The Bertz CT molecular complexity index is 471. The Balaban J connectivity index is 1.68. The monoisotopic (exact) mass is 344 g/mol. The van der Waals surface area contributed by atoms with Crippen LogP contribution in [0.5, 0.6) is 5.75 Å². The maximum atomic E-state index is 5.88. The molecule has 0 N–H and O–H groups in total. The van der Waals surface area contributed by atoms with E-state index in [4.69, 9.17) is 4.74 Å². The summed E-state index contributed by atoms with van der Waals surface area (Å²) in [6, 6.07) is 6.81. The van der Waals surface area contributed by atoms with E-state index in [1.165, 1.54) is 81.8 Å². The fourth-order valence-electron chi connectivity index (χ4n) is 4.22. The molecule has 0 heterocycles. The lowest BCUT2D eigenvalue weighted by Crippen LogP contribution is -2.15. The highest BCUT2D eigenvalue weighted by Crippen LogP contribution is 2.34. The van der Waals surface area contributed by atoms with Gasteiger partial charge in [0.05, 0.1) is 6.61 Å². The van der Waals surface area contributed by atoms with Gasteiger partial charge in [-0.1, -0.05) is 83.8 Å². The first-order valence-corrected chi connectivity index (χ1v) is 10.9. The number of ether oxygens (including phenoxy) is 1. The van der Waals surface area contributed by atoms with Crippen molar-refractivity contribution in [1.82, 2.24) is 0 Å². The van der Waals surface area contributed by atoms with E-state index in [1.807, 2.05) is 0 Å². The van der Waals surface area contributed by atoms with Crippen molar-refractivity contribution < 1.29 is 4.74 Å².